The predicted molar refractivity (Wildman–Crippen MR) is 83.0 cm³/mol. The first-order valence-electron chi connectivity index (χ1n) is 6.85. The lowest BCUT2D eigenvalue weighted by molar-refractivity contribution is 0.0697. The Labute approximate surface area is 125 Å². The molecule has 1 aromatic carbocycles. The lowest BCUT2D eigenvalue weighted by Gasteiger charge is -2.33. The molecule has 116 valence electrons. The van der Waals surface area contributed by atoms with Gasteiger partial charge < -0.3 is 10.2 Å². The first-order valence-corrected chi connectivity index (χ1v) is 8.70. The van der Waals surface area contributed by atoms with E-state index in [1.165, 1.54) is 10.6 Å². The van der Waals surface area contributed by atoms with Gasteiger partial charge in [-0.25, -0.2) is 8.42 Å². The minimum atomic E-state index is -3.17. The van der Waals surface area contributed by atoms with Crippen molar-refractivity contribution in [2.75, 3.05) is 44.8 Å². The van der Waals surface area contributed by atoms with Gasteiger partial charge in [0.05, 0.1) is 6.26 Å². The van der Waals surface area contributed by atoms with Crippen molar-refractivity contribution >= 4 is 21.6 Å². The van der Waals surface area contributed by atoms with Crippen molar-refractivity contribution in [2.24, 2.45) is 0 Å². The summed E-state index contributed by atoms with van der Waals surface area (Å²) in [5.74, 6) is -0.0386. The van der Waals surface area contributed by atoms with E-state index in [0.717, 1.165) is 11.3 Å². The molecule has 21 heavy (non-hydrogen) atoms. The summed E-state index contributed by atoms with van der Waals surface area (Å²) in [5, 5.41) is 3.04. The van der Waals surface area contributed by atoms with Crippen LogP contribution in [0.2, 0.25) is 0 Å². The molecule has 0 saturated carbocycles. The number of nitrogens with one attached hydrogen (secondary N) is 1. The molecular formula is C14H21N3O3S. The van der Waals surface area contributed by atoms with Crippen molar-refractivity contribution in [1.82, 2.24) is 9.21 Å². The fourth-order valence-electron chi connectivity index (χ4n) is 2.45. The number of rotatable bonds is 3. The minimum Gasteiger partial charge on any atom is -0.388 e. The van der Waals surface area contributed by atoms with Gasteiger partial charge in [0, 0.05) is 44.5 Å². The zero-order valence-electron chi connectivity index (χ0n) is 12.6. The first kappa shape index (κ1) is 15.8. The van der Waals surface area contributed by atoms with Gasteiger partial charge in [-0.15, -0.1) is 0 Å². The second-order valence-corrected chi connectivity index (χ2v) is 7.22. The summed E-state index contributed by atoms with van der Waals surface area (Å²) in [6, 6.07) is 5.61. The van der Waals surface area contributed by atoms with E-state index < -0.39 is 10.0 Å². The monoisotopic (exact) mass is 311 g/mol. The Kier molecular flexibility index (Phi) is 4.53. The third-order valence-electron chi connectivity index (χ3n) is 3.74. The van der Waals surface area contributed by atoms with Crippen LogP contribution in [0.3, 0.4) is 0 Å². The molecule has 1 aliphatic heterocycles. The summed E-state index contributed by atoms with van der Waals surface area (Å²) < 4.78 is 24.4. The lowest BCUT2D eigenvalue weighted by Crippen LogP contribution is -2.50. The predicted octanol–water partition coefficient (Wildman–Crippen LogP) is 0.754. The number of hydrogen-bond acceptors (Lipinski definition) is 4. The maximum atomic E-state index is 12.5. The van der Waals surface area contributed by atoms with Crippen molar-refractivity contribution < 1.29 is 13.2 Å². The molecule has 1 saturated heterocycles. The number of carbonyl (C=O) groups is 1. The molecule has 0 aromatic heterocycles. The average Bonchev–Trinajstić information content (AvgIpc) is 2.45. The van der Waals surface area contributed by atoms with Gasteiger partial charge in [0.1, 0.15) is 0 Å². The third kappa shape index (κ3) is 3.54. The van der Waals surface area contributed by atoms with Crippen molar-refractivity contribution in [3.8, 4) is 0 Å². The van der Waals surface area contributed by atoms with Crippen LogP contribution in [0.25, 0.3) is 0 Å². The number of benzene rings is 1. The molecule has 1 aliphatic rings. The second-order valence-electron chi connectivity index (χ2n) is 5.23. The van der Waals surface area contributed by atoms with Crippen LogP contribution in [0.1, 0.15) is 15.9 Å². The first-order chi connectivity index (χ1) is 9.82. The van der Waals surface area contributed by atoms with Crippen molar-refractivity contribution in [3.63, 3.8) is 0 Å². The Hall–Kier alpha value is -1.60. The van der Waals surface area contributed by atoms with E-state index in [1.54, 1.807) is 4.90 Å². The number of carbonyl (C=O) groups excluding carboxylic acids is 1. The summed E-state index contributed by atoms with van der Waals surface area (Å²) in [4.78, 5) is 14.2. The molecule has 6 nitrogen and oxygen atoms in total. The van der Waals surface area contributed by atoms with E-state index in [-0.39, 0.29) is 5.91 Å². The smallest absolute Gasteiger partial charge is 0.254 e. The zero-order chi connectivity index (χ0) is 15.6. The number of sulfonamides is 1. The summed E-state index contributed by atoms with van der Waals surface area (Å²) in [6.45, 7) is 3.48. The van der Waals surface area contributed by atoms with Gasteiger partial charge in [-0.05, 0) is 30.7 Å². The van der Waals surface area contributed by atoms with Gasteiger partial charge in [-0.1, -0.05) is 0 Å². The maximum Gasteiger partial charge on any atom is 0.254 e. The topological polar surface area (TPSA) is 69.7 Å². The highest BCUT2D eigenvalue weighted by molar-refractivity contribution is 7.88. The lowest BCUT2D eigenvalue weighted by atomic mass is 10.1. The minimum absolute atomic E-state index is 0.0386. The summed E-state index contributed by atoms with van der Waals surface area (Å²) >= 11 is 0. The molecule has 1 fully saturated rings. The van der Waals surface area contributed by atoms with Gasteiger partial charge in [-0.2, -0.15) is 4.31 Å². The molecular weight excluding hydrogens is 290 g/mol. The Balaban J connectivity index is 2.09. The molecule has 0 bridgehead atoms. The van der Waals surface area contributed by atoms with E-state index in [2.05, 4.69) is 5.32 Å². The van der Waals surface area contributed by atoms with Crippen LogP contribution in [0.15, 0.2) is 18.2 Å². The van der Waals surface area contributed by atoms with Crippen molar-refractivity contribution in [2.45, 2.75) is 6.92 Å². The summed E-state index contributed by atoms with van der Waals surface area (Å²) in [5.41, 5.74) is 2.55. The number of amides is 1. The van der Waals surface area contributed by atoms with E-state index in [0.29, 0.717) is 31.7 Å². The average molecular weight is 311 g/mol. The van der Waals surface area contributed by atoms with Gasteiger partial charge in [0.25, 0.3) is 5.91 Å². The number of nitrogens with zero attached hydrogens (tertiary/aromatic N) is 2. The van der Waals surface area contributed by atoms with E-state index >= 15 is 0 Å². The molecule has 1 aromatic rings. The van der Waals surface area contributed by atoms with Gasteiger partial charge >= 0.3 is 0 Å². The van der Waals surface area contributed by atoms with Crippen LogP contribution in [0.5, 0.6) is 0 Å². The van der Waals surface area contributed by atoms with Crippen LogP contribution in [-0.4, -0.2) is 63.0 Å². The largest absolute Gasteiger partial charge is 0.388 e. The summed E-state index contributed by atoms with van der Waals surface area (Å²) in [7, 11) is -1.34. The number of hydrogen-bond donors (Lipinski definition) is 1. The van der Waals surface area contributed by atoms with Crippen LogP contribution in [0.4, 0.5) is 5.69 Å². The molecule has 0 radical (unpaired) electrons. The maximum absolute atomic E-state index is 12.5. The normalized spacial score (nSPS) is 16.8. The number of piperazine rings is 1. The third-order valence-corrected chi connectivity index (χ3v) is 5.04. The van der Waals surface area contributed by atoms with Crippen LogP contribution in [0, 0.1) is 6.92 Å². The van der Waals surface area contributed by atoms with Gasteiger partial charge in [0.2, 0.25) is 10.0 Å². The molecule has 7 heteroatoms. The van der Waals surface area contributed by atoms with Crippen LogP contribution in [-0.2, 0) is 10.0 Å². The molecule has 0 unspecified atom stereocenters. The van der Waals surface area contributed by atoms with E-state index in [9.17, 15) is 13.2 Å². The fraction of sp³-hybridized carbons (Fsp3) is 0.500. The molecule has 1 amide bonds. The molecule has 1 N–H and O–H groups in total. The summed E-state index contributed by atoms with van der Waals surface area (Å²) in [6.07, 6.45) is 1.20. The Bertz CT molecular complexity index is 635. The molecule has 0 spiro atoms. The SMILES string of the molecule is CNc1ccc(C(=O)N2CCN(S(C)(=O)=O)CC2)c(C)c1. The second kappa shape index (κ2) is 6.03. The Morgan fingerprint density at radius 1 is 1.19 bits per heavy atom. The Morgan fingerprint density at radius 3 is 2.29 bits per heavy atom. The number of anilines is 1. The Morgan fingerprint density at radius 2 is 1.81 bits per heavy atom. The van der Waals surface area contributed by atoms with Crippen LogP contribution < -0.4 is 5.32 Å². The molecule has 0 atom stereocenters. The highest BCUT2D eigenvalue weighted by Crippen LogP contribution is 2.18. The van der Waals surface area contributed by atoms with Crippen molar-refractivity contribution in [3.05, 3.63) is 29.3 Å². The highest BCUT2D eigenvalue weighted by atomic mass is 32.2. The van der Waals surface area contributed by atoms with Crippen molar-refractivity contribution in [1.29, 1.82) is 0 Å². The molecule has 0 aliphatic carbocycles. The number of aryl methyl sites for hydroxylation is 1. The quantitative estimate of drug-likeness (QED) is 0.894. The van der Waals surface area contributed by atoms with E-state index in [4.69, 9.17) is 0 Å². The van der Waals surface area contributed by atoms with Crippen LogP contribution >= 0.6 is 0 Å². The van der Waals surface area contributed by atoms with Gasteiger partial charge in [0.15, 0.2) is 0 Å². The fourth-order valence-corrected chi connectivity index (χ4v) is 3.28. The molecule has 1 heterocycles. The van der Waals surface area contributed by atoms with Gasteiger partial charge in [-0.3, -0.25) is 4.79 Å². The highest BCUT2D eigenvalue weighted by Gasteiger charge is 2.27. The zero-order valence-corrected chi connectivity index (χ0v) is 13.4. The van der Waals surface area contributed by atoms with E-state index in [1.807, 2.05) is 32.2 Å². The molecule has 2 rings (SSSR count). The standard InChI is InChI=1S/C14H21N3O3S/c1-11-10-12(15-2)4-5-13(11)14(18)16-6-8-17(9-7-16)21(3,19)20/h4-5,10,15H,6-9H2,1-3H3.